The average molecular weight is 236 g/mol. The summed E-state index contributed by atoms with van der Waals surface area (Å²) < 4.78 is 0. The van der Waals surface area contributed by atoms with Gasteiger partial charge in [-0.05, 0) is 31.9 Å². The molecule has 0 saturated heterocycles. The number of hydrogen-bond acceptors (Lipinski definition) is 2. The van der Waals surface area contributed by atoms with Gasteiger partial charge in [-0.15, -0.1) is 0 Å². The van der Waals surface area contributed by atoms with Crippen molar-refractivity contribution in [3.8, 4) is 0 Å². The van der Waals surface area contributed by atoms with E-state index in [1.165, 1.54) is 0 Å². The van der Waals surface area contributed by atoms with Crippen molar-refractivity contribution >= 4 is 5.91 Å². The summed E-state index contributed by atoms with van der Waals surface area (Å²) in [5, 5.41) is 2.78. The number of pyridine rings is 1. The normalized spacial score (nSPS) is 10.3. The Morgan fingerprint density at radius 1 is 1.41 bits per heavy atom. The lowest BCUT2D eigenvalue weighted by Crippen LogP contribution is -2.27. The lowest BCUT2D eigenvalue weighted by atomic mass is 10.1. The van der Waals surface area contributed by atoms with Crippen LogP contribution in [0.1, 0.15) is 43.0 Å². The minimum absolute atomic E-state index is 0.00576. The smallest absolute Gasteiger partial charge is 0.253 e. The maximum absolute atomic E-state index is 11.7. The number of carbonyl (C=O) groups excluding carboxylic acids is 1. The van der Waals surface area contributed by atoms with Gasteiger partial charge in [0, 0.05) is 24.2 Å². The summed E-state index contributed by atoms with van der Waals surface area (Å²) in [5.74, 6) is 0.00576. The van der Waals surface area contributed by atoms with Crippen LogP contribution in [-0.4, -0.2) is 10.9 Å². The zero-order valence-corrected chi connectivity index (χ0v) is 10.7. The second-order valence-corrected chi connectivity index (χ2v) is 4.32. The van der Waals surface area contributed by atoms with Crippen molar-refractivity contribution in [2.24, 2.45) is 0 Å². The highest BCUT2D eigenvalue weighted by Crippen LogP contribution is 2.03. The first-order chi connectivity index (χ1) is 8.04. The molecule has 2 N–H and O–H groups in total. The summed E-state index contributed by atoms with van der Waals surface area (Å²) in [7, 11) is 0. The fourth-order valence-corrected chi connectivity index (χ4v) is 1.71. The molecule has 0 aromatic carbocycles. The average Bonchev–Trinajstić information content (AvgIpc) is 2.24. The maximum Gasteiger partial charge on any atom is 0.253 e. The van der Waals surface area contributed by atoms with Crippen molar-refractivity contribution in [2.45, 2.75) is 46.6 Å². The molecule has 1 heterocycles. The third-order valence-corrected chi connectivity index (χ3v) is 2.71. The van der Waals surface area contributed by atoms with E-state index in [-0.39, 0.29) is 11.5 Å². The van der Waals surface area contributed by atoms with E-state index in [0.29, 0.717) is 18.5 Å². The molecule has 0 spiro atoms. The summed E-state index contributed by atoms with van der Waals surface area (Å²) in [5.41, 5.74) is 2.29. The SMILES string of the molecule is CCCCC(=O)NCc1c(C)cc(C)[nH]c1=O. The Bertz CT molecular complexity index is 449. The number of unbranched alkanes of at least 4 members (excludes halogenated alkanes) is 1. The first-order valence-corrected chi connectivity index (χ1v) is 6.00. The molecule has 1 aromatic rings. The minimum atomic E-state index is -0.113. The van der Waals surface area contributed by atoms with Crippen molar-refractivity contribution in [3.63, 3.8) is 0 Å². The number of hydrogen-bond donors (Lipinski definition) is 2. The van der Waals surface area contributed by atoms with Crippen LogP contribution in [0.4, 0.5) is 0 Å². The second kappa shape index (κ2) is 6.23. The summed E-state index contributed by atoms with van der Waals surface area (Å²) in [6, 6.07) is 1.91. The fraction of sp³-hybridized carbons (Fsp3) is 0.538. The molecule has 1 rings (SSSR count). The van der Waals surface area contributed by atoms with Crippen LogP contribution in [0.2, 0.25) is 0 Å². The monoisotopic (exact) mass is 236 g/mol. The van der Waals surface area contributed by atoms with Gasteiger partial charge in [0.2, 0.25) is 5.91 Å². The number of carbonyl (C=O) groups is 1. The van der Waals surface area contributed by atoms with E-state index in [9.17, 15) is 9.59 Å². The van der Waals surface area contributed by atoms with Gasteiger partial charge in [-0.2, -0.15) is 0 Å². The Labute approximate surface area is 101 Å². The van der Waals surface area contributed by atoms with Gasteiger partial charge in [0.15, 0.2) is 0 Å². The number of H-pyrrole nitrogens is 1. The van der Waals surface area contributed by atoms with E-state index < -0.39 is 0 Å². The van der Waals surface area contributed by atoms with E-state index in [4.69, 9.17) is 0 Å². The summed E-state index contributed by atoms with van der Waals surface area (Å²) >= 11 is 0. The van der Waals surface area contributed by atoms with Gasteiger partial charge in [-0.1, -0.05) is 13.3 Å². The number of aryl methyl sites for hydroxylation is 2. The first-order valence-electron chi connectivity index (χ1n) is 6.00. The minimum Gasteiger partial charge on any atom is -0.352 e. The van der Waals surface area contributed by atoms with Crippen molar-refractivity contribution < 1.29 is 4.79 Å². The zero-order chi connectivity index (χ0) is 12.8. The Kier molecular flexibility index (Phi) is 4.94. The van der Waals surface area contributed by atoms with Crippen molar-refractivity contribution in [2.75, 3.05) is 0 Å². The van der Waals surface area contributed by atoms with E-state index in [1.54, 1.807) is 0 Å². The number of aromatic amines is 1. The molecule has 94 valence electrons. The van der Waals surface area contributed by atoms with Crippen LogP contribution in [0, 0.1) is 13.8 Å². The largest absolute Gasteiger partial charge is 0.352 e. The Hall–Kier alpha value is -1.58. The number of amides is 1. The Morgan fingerprint density at radius 2 is 2.12 bits per heavy atom. The molecule has 1 amide bonds. The van der Waals surface area contributed by atoms with Gasteiger partial charge in [0.25, 0.3) is 5.56 Å². The summed E-state index contributed by atoms with van der Waals surface area (Å²) in [6.07, 6.45) is 2.41. The van der Waals surface area contributed by atoms with Crippen molar-refractivity contribution in [3.05, 3.63) is 33.2 Å². The molecule has 1 aromatic heterocycles. The van der Waals surface area contributed by atoms with Gasteiger partial charge in [0.05, 0.1) is 0 Å². The fourth-order valence-electron chi connectivity index (χ4n) is 1.71. The Morgan fingerprint density at radius 3 is 2.71 bits per heavy atom. The second-order valence-electron chi connectivity index (χ2n) is 4.32. The van der Waals surface area contributed by atoms with Crippen LogP contribution in [-0.2, 0) is 11.3 Å². The van der Waals surface area contributed by atoms with E-state index in [2.05, 4.69) is 10.3 Å². The molecule has 0 aliphatic carbocycles. The number of nitrogens with one attached hydrogen (secondary N) is 2. The highest BCUT2D eigenvalue weighted by atomic mass is 16.1. The molecule has 4 heteroatoms. The first kappa shape index (κ1) is 13.5. The number of rotatable bonds is 5. The van der Waals surface area contributed by atoms with E-state index >= 15 is 0 Å². The van der Waals surface area contributed by atoms with Crippen molar-refractivity contribution in [1.82, 2.24) is 10.3 Å². The molecule has 4 nitrogen and oxygen atoms in total. The molecule has 0 unspecified atom stereocenters. The third-order valence-electron chi connectivity index (χ3n) is 2.71. The molecule has 0 fully saturated rings. The van der Waals surface area contributed by atoms with Crippen molar-refractivity contribution in [1.29, 1.82) is 0 Å². The quantitative estimate of drug-likeness (QED) is 0.818. The molecule has 0 aliphatic rings. The summed E-state index contributed by atoms with van der Waals surface area (Å²) in [6.45, 7) is 6.08. The maximum atomic E-state index is 11.7. The standard InChI is InChI=1S/C13H20N2O2/c1-4-5-6-12(16)14-8-11-9(2)7-10(3)15-13(11)17/h7H,4-6,8H2,1-3H3,(H,14,16)(H,15,17). The topological polar surface area (TPSA) is 62.0 Å². The molecule has 0 radical (unpaired) electrons. The van der Waals surface area contributed by atoms with Gasteiger partial charge in [-0.25, -0.2) is 0 Å². The van der Waals surface area contributed by atoms with Crippen LogP contribution in [0.25, 0.3) is 0 Å². The number of aromatic nitrogens is 1. The van der Waals surface area contributed by atoms with Gasteiger partial charge in [0.1, 0.15) is 0 Å². The van der Waals surface area contributed by atoms with Crippen LogP contribution in [0.3, 0.4) is 0 Å². The van der Waals surface area contributed by atoms with Crippen LogP contribution >= 0.6 is 0 Å². The lowest BCUT2D eigenvalue weighted by Gasteiger charge is -2.07. The predicted molar refractivity (Wildman–Crippen MR) is 67.9 cm³/mol. The third kappa shape index (κ3) is 4.06. The molecule has 0 aliphatic heterocycles. The molecular formula is C13H20N2O2. The van der Waals surface area contributed by atoms with Crippen LogP contribution in [0.5, 0.6) is 0 Å². The van der Waals surface area contributed by atoms with Gasteiger partial charge >= 0.3 is 0 Å². The van der Waals surface area contributed by atoms with Crippen LogP contribution in [0.15, 0.2) is 10.9 Å². The molecule has 0 atom stereocenters. The van der Waals surface area contributed by atoms with E-state index in [1.807, 2.05) is 26.8 Å². The molecular weight excluding hydrogens is 216 g/mol. The molecule has 0 bridgehead atoms. The zero-order valence-electron chi connectivity index (χ0n) is 10.7. The predicted octanol–water partition coefficient (Wildman–Crippen LogP) is 1.80. The van der Waals surface area contributed by atoms with Gasteiger partial charge < -0.3 is 10.3 Å². The highest BCUT2D eigenvalue weighted by Gasteiger charge is 2.06. The lowest BCUT2D eigenvalue weighted by molar-refractivity contribution is -0.121. The summed E-state index contributed by atoms with van der Waals surface area (Å²) in [4.78, 5) is 25.9. The van der Waals surface area contributed by atoms with Crippen LogP contribution < -0.4 is 10.9 Å². The molecule has 0 saturated carbocycles. The highest BCUT2D eigenvalue weighted by molar-refractivity contribution is 5.75. The van der Waals surface area contributed by atoms with Gasteiger partial charge in [-0.3, -0.25) is 9.59 Å². The van der Waals surface area contributed by atoms with E-state index in [0.717, 1.165) is 24.1 Å². The Balaban J connectivity index is 2.64. The molecule has 17 heavy (non-hydrogen) atoms.